The lowest BCUT2D eigenvalue weighted by molar-refractivity contribution is -0.146. The highest BCUT2D eigenvalue weighted by molar-refractivity contribution is 7.52. The molecule has 0 spiro atoms. The molecule has 0 saturated heterocycles. The van der Waals surface area contributed by atoms with Crippen LogP contribution in [0.25, 0.3) is 0 Å². The van der Waals surface area contributed by atoms with Gasteiger partial charge in [0.2, 0.25) is 13.6 Å². The topological polar surface area (TPSA) is 88.1 Å². The van der Waals surface area contributed by atoms with Crippen LogP contribution in [0.2, 0.25) is 0 Å². The molecular formula is C9H13O7P. The van der Waals surface area contributed by atoms with Crippen molar-refractivity contribution >= 4 is 19.5 Å². The average Bonchev–Trinajstić information content (AvgIpc) is 2.27. The molecule has 0 N–H and O–H groups in total. The van der Waals surface area contributed by atoms with Gasteiger partial charge in [0.05, 0.1) is 0 Å². The predicted octanol–water partition coefficient (Wildman–Crippen LogP) is 1.22. The fourth-order valence-electron chi connectivity index (χ4n) is 0.515. The number of hydrogen-bond donors (Lipinski definition) is 0. The third-order valence-electron chi connectivity index (χ3n) is 1.31. The van der Waals surface area contributed by atoms with Gasteiger partial charge in [-0.15, -0.1) is 0 Å². The Morgan fingerprint density at radius 1 is 1.06 bits per heavy atom. The SMILES string of the molecule is C=CC(=O)OCOP(C)(=O)OCOC(=O)C=C. The molecule has 0 bridgehead atoms. The molecule has 0 aromatic carbocycles. The van der Waals surface area contributed by atoms with Crippen LogP contribution in [0, 0.1) is 0 Å². The monoisotopic (exact) mass is 264 g/mol. The van der Waals surface area contributed by atoms with E-state index < -0.39 is 33.1 Å². The lowest BCUT2D eigenvalue weighted by Crippen LogP contribution is -2.08. The number of hydrogen-bond acceptors (Lipinski definition) is 7. The summed E-state index contributed by atoms with van der Waals surface area (Å²) >= 11 is 0. The van der Waals surface area contributed by atoms with E-state index in [1.165, 1.54) is 0 Å². The zero-order valence-corrected chi connectivity index (χ0v) is 10.2. The fraction of sp³-hybridized carbons (Fsp3) is 0.333. The van der Waals surface area contributed by atoms with Gasteiger partial charge in [0.15, 0.2) is 0 Å². The minimum atomic E-state index is -3.45. The average molecular weight is 264 g/mol. The van der Waals surface area contributed by atoms with E-state index in [2.05, 4.69) is 31.7 Å². The number of esters is 2. The molecule has 8 heteroatoms. The maximum atomic E-state index is 11.5. The molecule has 0 aromatic rings. The first kappa shape index (κ1) is 15.6. The van der Waals surface area contributed by atoms with Crippen LogP contribution in [0.5, 0.6) is 0 Å². The lowest BCUT2D eigenvalue weighted by Gasteiger charge is -2.13. The summed E-state index contributed by atoms with van der Waals surface area (Å²) < 4.78 is 29.6. The zero-order valence-electron chi connectivity index (χ0n) is 9.29. The molecule has 0 radical (unpaired) electrons. The highest BCUT2D eigenvalue weighted by atomic mass is 31.2. The normalized spacial score (nSPS) is 10.4. The number of rotatable bonds is 8. The second-order valence-corrected chi connectivity index (χ2v) is 4.66. The van der Waals surface area contributed by atoms with Crippen molar-refractivity contribution in [3.63, 3.8) is 0 Å². The largest absolute Gasteiger partial charge is 0.435 e. The van der Waals surface area contributed by atoms with Gasteiger partial charge in [0.25, 0.3) is 0 Å². The highest BCUT2D eigenvalue weighted by Crippen LogP contribution is 2.43. The van der Waals surface area contributed by atoms with Crippen molar-refractivity contribution in [1.29, 1.82) is 0 Å². The van der Waals surface area contributed by atoms with E-state index in [4.69, 9.17) is 0 Å². The fourth-order valence-corrected chi connectivity index (χ4v) is 1.08. The molecule has 7 nitrogen and oxygen atoms in total. The van der Waals surface area contributed by atoms with Crippen molar-refractivity contribution in [3.8, 4) is 0 Å². The maximum absolute atomic E-state index is 11.5. The van der Waals surface area contributed by atoms with Crippen LogP contribution in [-0.4, -0.2) is 32.2 Å². The summed E-state index contributed by atoms with van der Waals surface area (Å²) in [6, 6.07) is 0. The second kappa shape index (κ2) is 7.78. The highest BCUT2D eigenvalue weighted by Gasteiger charge is 2.18. The minimum Gasteiger partial charge on any atom is -0.435 e. The van der Waals surface area contributed by atoms with Gasteiger partial charge in [-0.2, -0.15) is 0 Å². The third kappa shape index (κ3) is 8.38. The van der Waals surface area contributed by atoms with Crippen molar-refractivity contribution in [3.05, 3.63) is 25.3 Å². The van der Waals surface area contributed by atoms with E-state index in [1.54, 1.807) is 0 Å². The van der Waals surface area contributed by atoms with E-state index >= 15 is 0 Å². The molecule has 0 unspecified atom stereocenters. The van der Waals surface area contributed by atoms with E-state index in [-0.39, 0.29) is 0 Å². The molecule has 0 aromatic heterocycles. The number of carbonyl (C=O) groups is 2. The van der Waals surface area contributed by atoms with Crippen molar-refractivity contribution in [2.24, 2.45) is 0 Å². The van der Waals surface area contributed by atoms with E-state index in [1.807, 2.05) is 0 Å². The first-order valence-corrected chi connectivity index (χ1v) is 6.35. The molecular weight excluding hydrogens is 251 g/mol. The first-order valence-electron chi connectivity index (χ1n) is 4.36. The quantitative estimate of drug-likeness (QED) is 0.282. The van der Waals surface area contributed by atoms with Gasteiger partial charge >= 0.3 is 19.5 Å². The second-order valence-electron chi connectivity index (χ2n) is 2.60. The van der Waals surface area contributed by atoms with Crippen molar-refractivity contribution in [2.45, 2.75) is 0 Å². The summed E-state index contributed by atoms with van der Waals surface area (Å²) in [5, 5.41) is 0. The van der Waals surface area contributed by atoms with Crippen molar-refractivity contribution < 1.29 is 32.7 Å². The van der Waals surface area contributed by atoms with Crippen LogP contribution >= 0.6 is 7.60 Å². The molecule has 0 aliphatic heterocycles. The summed E-state index contributed by atoms with van der Waals surface area (Å²) in [5.41, 5.74) is 0. The molecule has 0 saturated carbocycles. The van der Waals surface area contributed by atoms with Gasteiger partial charge in [0, 0.05) is 18.8 Å². The number of ether oxygens (including phenoxy) is 2. The number of carbonyl (C=O) groups excluding carboxylic acids is 2. The molecule has 0 rings (SSSR count). The van der Waals surface area contributed by atoms with E-state index in [0.717, 1.165) is 18.8 Å². The Hall–Kier alpha value is -1.43. The molecule has 0 heterocycles. The standard InChI is InChI=1S/C9H13O7P/c1-4-8(10)13-6-15-17(3,12)16-7-14-9(11)5-2/h4-5H,1-2,6-7H2,3H3. The molecule has 0 aliphatic carbocycles. The minimum absolute atomic E-state index is 0.548. The summed E-state index contributed by atoms with van der Waals surface area (Å²) in [4.78, 5) is 21.2. The Bertz CT molecular complexity index is 319. The Morgan fingerprint density at radius 2 is 1.41 bits per heavy atom. The molecule has 17 heavy (non-hydrogen) atoms. The van der Waals surface area contributed by atoms with Crippen LogP contribution in [-0.2, 0) is 32.7 Å². The summed E-state index contributed by atoms with van der Waals surface area (Å²) in [6.45, 7) is 6.35. The van der Waals surface area contributed by atoms with Gasteiger partial charge in [-0.05, 0) is 0 Å². The van der Waals surface area contributed by atoms with Crippen LogP contribution in [0.4, 0.5) is 0 Å². The van der Waals surface area contributed by atoms with Crippen LogP contribution in [0.3, 0.4) is 0 Å². The Kier molecular flexibility index (Phi) is 7.13. The molecule has 0 fully saturated rings. The van der Waals surface area contributed by atoms with Gasteiger partial charge in [0.1, 0.15) is 0 Å². The molecule has 0 amide bonds. The van der Waals surface area contributed by atoms with Crippen LogP contribution in [0.1, 0.15) is 0 Å². The van der Waals surface area contributed by atoms with Gasteiger partial charge in [-0.1, -0.05) is 13.2 Å². The third-order valence-corrected chi connectivity index (χ3v) is 2.46. The van der Waals surface area contributed by atoms with E-state index in [9.17, 15) is 14.2 Å². The Labute approximate surface area is 98.5 Å². The molecule has 0 atom stereocenters. The summed E-state index contributed by atoms with van der Waals surface area (Å²) in [6.07, 6.45) is 1.85. The van der Waals surface area contributed by atoms with Crippen LogP contribution < -0.4 is 0 Å². The summed E-state index contributed by atoms with van der Waals surface area (Å²) in [5.74, 6) is -1.44. The first-order chi connectivity index (χ1) is 7.91. The Balaban J connectivity index is 3.83. The van der Waals surface area contributed by atoms with Gasteiger partial charge in [-0.25, -0.2) is 9.59 Å². The Morgan fingerprint density at radius 3 is 1.71 bits per heavy atom. The maximum Gasteiger partial charge on any atom is 0.333 e. The van der Waals surface area contributed by atoms with Crippen LogP contribution in [0.15, 0.2) is 25.3 Å². The lowest BCUT2D eigenvalue weighted by atomic mass is 10.7. The smallest absolute Gasteiger partial charge is 0.333 e. The predicted molar refractivity (Wildman–Crippen MR) is 58.0 cm³/mol. The summed E-state index contributed by atoms with van der Waals surface area (Å²) in [7, 11) is -3.45. The van der Waals surface area contributed by atoms with Crippen molar-refractivity contribution in [2.75, 3.05) is 20.3 Å². The van der Waals surface area contributed by atoms with Gasteiger partial charge < -0.3 is 9.47 Å². The zero-order chi connectivity index (χ0) is 13.3. The van der Waals surface area contributed by atoms with Gasteiger partial charge in [-0.3, -0.25) is 13.6 Å². The van der Waals surface area contributed by atoms with Crippen molar-refractivity contribution in [1.82, 2.24) is 0 Å². The van der Waals surface area contributed by atoms with E-state index in [0.29, 0.717) is 0 Å². The molecule has 0 aliphatic rings. The molecule has 96 valence electrons.